The number of H-pyrrole nitrogens is 1. The molecule has 0 saturated carbocycles. The minimum absolute atomic E-state index is 0.0433. The summed E-state index contributed by atoms with van der Waals surface area (Å²) in [5.74, 6) is 1.34. The fraction of sp³-hybridized carbons (Fsp3) is 0.385. The first kappa shape index (κ1) is 24.7. The van der Waals surface area contributed by atoms with Crippen molar-refractivity contribution in [3.8, 4) is 34.3 Å². The van der Waals surface area contributed by atoms with Crippen molar-refractivity contribution in [2.45, 2.75) is 39.2 Å². The Bertz CT molecular complexity index is 1230. The molecule has 35 heavy (non-hydrogen) atoms. The lowest BCUT2D eigenvalue weighted by molar-refractivity contribution is 0.0740. The maximum absolute atomic E-state index is 13.5. The van der Waals surface area contributed by atoms with Crippen LogP contribution in [-0.4, -0.2) is 54.0 Å². The number of nitrogens with one attached hydrogen (secondary N) is 1. The monoisotopic (exact) mass is 499 g/mol. The molecule has 2 heterocycles. The van der Waals surface area contributed by atoms with E-state index in [1.807, 2.05) is 24.0 Å². The average molecular weight is 500 g/mol. The van der Waals surface area contributed by atoms with Crippen molar-refractivity contribution in [2.75, 3.05) is 27.9 Å². The number of halogens is 1. The van der Waals surface area contributed by atoms with Crippen molar-refractivity contribution in [2.24, 2.45) is 0 Å². The molecule has 3 aromatic rings. The Morgan fingerprint density at radius 2 is 1.77 bits per heavy atom. The van der Waals surface area contributed by atoms with Gasteiger partial charge in [0, 0.05) is 22.7 Å². The quantitative estimate of drug-likeness (QED) is 0.377. The van der Waals surface area contributed by atoms with Gasteiger partial charge in [0.05, 0.1) is 27.4 Å². The lowest BCUT2D eigenvalue weighted by Gasteiger charge is -2.27. The first-order valence-electron chi connectivity index (χ1n) is 11.5. The Labute approximate surface area is 209 Å². The number of hydrogen-bond donors (Lipinski definition) is 2. The Hall–Kier alpha value is -3.39. The molecule has 8 nitrogen and oxygen atoms in total. The van der Waals surface area contributed by atoms with Gasteiger partial charge in [0.25, 0.3) is 5.91 Å². The Morgan fingerprint density at radius 3 is 2.37 bits per heavy atom. The number of hydrogen-bond acceptors (Lipinski definition) is 6. The highest BCUT2D eigenvalue weighted by molar-refractivity contribution is 6.31. The van der Waals surface area contributed by atoms with Crippen molar-refractivity contribution in [1.29, 1.82) is 0 Å². The minimum Gasteiger partial charge on any atom is -0.507 e. The van der Waals surface area contributed by atoms with Gasteiger partial charge in [-0.15, -0.1) is 0 Å². The number of fused-ring (bicyclic) bond motifs is 1. The fourth-order valence-electron chi connectivity index (χ4n) is 4.63. The van der Waals surface area contributed by atoms with Crippen LogP contribution in [0.4, 0.5) is 0 Å². The summed E-state index contributed by atoms with van der Waals surface area (Å²) in [6, 6.07) is 6.50. The number of carbonyl (C=O) groups excluding carboxylic acids is 1. The van der Waals surface area contributed by atoms with E-state index in [0.717, 1.165) is 30.4 Å². The van der Waals surface area contributed by atoms with Crippen LogP contribution in [0.15, 0.2) is 24.3 Å². The smallest absolute Gasteiger partial charge is 0.273 e. The Morgan fingerprint density at radius 1 is 1.09 bits per heavy atom. The van der Waals surface area contributed by atoms with E-state index in [9.17, 15) is 9.90 Å². The highest BCUT2D eigenvalue weighted by Crippen LogP contribution is 2.48. The molecule has 186 valence electrons. The van der Waals surface area contributed by atoms with Crippen LogP contribution in [0, 0.1) is 6.92 Å². The number of ether oxygens (including phenoxy) is 3. The number of aromatic nitrogens is 2. The first-order chi connectivity index (χ1) is 16.9. The number of unbranched alkanes of at least 4 members (excludes halogenated alkanes) is 2. The third kappa shape index (κ3) is 4.27. The highest BCUT2D eigenvalue weighted by Gasteiger charge is 2.43. The number of rotatable bonds is 9. The molecule has 1 aliphatic rings. The predicted octanol–water partition coefficient (Wildman–Crippen LogP) is 5.51. The molecule has 0 radical (unpaired) electrons. The second-order valence-electron chi connectivity index (χ2n) is 8.55. The van der Waals surface area contributed by atoms with Crippen molar-refractivity contribution in [1.82, 2.24) is 15.1 Å². The van der Waals surface area contributed by atoms with Gasteiger partial charge in [0.2, 0.25) is 5.75 Å². The van der Waals surface area contributed by atoms with Crippen LogP contribution in [0.2, 0.25) is 5.02 Å². The van der Waals surface area contributed by atoms with E-state index in [1.54, 1.807) is 33.5 Å². The molecule has 1 amide bonds. The van der Waals surface area contributed by atoms with E-state index in [0.29, 0.717) is 51.3 Å². The minimum atomic E-state index is -0.476. The van der Waals surface area contributed by atoms with Crippen LogP contribution in [0.3, 0.4) is 0 Å². The SMILES string of the molecule is CCCCCN1C(=O)c2[nH]nc(-c3cc(Cl)c(C)cc3O)c2C1c1cc(OC)c(OC)c(OC)c1. The molecule has 1 aromatic heterocycles. The summed E-state index contributed by atoms with van der Waals surface area (Å²) in [6.07, 6.45) is 2.89. The van der Waals surface area contributed by atoms with Gasteiger partial charge in [0.15, 0.2) is 11.5 Å². The maximum atomic E-state index is 13.5. The van der Waals surface area contributed by atoms with E-state index >= 15 is 0 Å². The lowest BCUT2D eigenvalue weighted by atomic mass is 9.94. The van der Waals surface area contributed by atoms with E-state index in [-0.39, 0.29) is 11.7 Å². The van der Waals surface area contributed by atoms with Crippen LogP contribution in [-0.2, 0) is 0 Å². The lowest BCUT2D eigenvalue weighted by Crippen LogP contribution is -2.30. The zero-order chi connectivity index (χ0) is 25.3. The van der Waals surface area contributed by atoms with Crippen LogP contribution >= 0.6 is 11.6 Å². The van der Waals surface area contributed by atoms with Crippen LogP contribution in [0.25, 0.3) is 11.3 Å². The van der Waals surface area contributed by atoms with Crippen LogP contribution in [0.5, 0.6) is 23.0 Å². The molecule has 0 bridgehead atoms. The summed E-state index contributed by atoms with van der Waals surface area (Å²) < 4.78 is 16.7. The van der Waals surface area contributed by atoms with Crippen LogP contribution < -0.4 is 14.2 Å². The summed E-state index contributed by atoms with van der Waals surface area (Å²) in [7, 11) is 4.66. The van der Waals surface area contributed by atoms with Gasteiger partial charge in [-0.05, 0) is 48.7 Å². The molecular weight excluding hydrogens is 470 g/mol. The van der Waals surface area contributed by atoms with Gasteiger partial charge >= 0.3 is 0 Å². The molecule has 1 atom stereocenters. The number of methoxy groups -OCH3 is 3. The van der Waals surface area contributed by atoms with Crippen molar-refractivity contribution >= 4 is 17.5 Å². The van der Waals surface area contributed by atoms with Crippen molar-refractivity contribution < 1.29 is 24.1 Å². The molecular formula is C26H30ClN3O5. The summed E-state index contributed by atoms with van der Waals surface area (Å²) in [4.78, 5) is 15.4. The summed E-state index contributed by atoms with van der Waals surface area (Å²) in [5.41, 5.74) is 3.53. The maximum Gasteiger partial charge on any atom is 0.273 e. The second kappa shape index (κ2) is 10.1. The number of aromatic hydroxyl groups is 1. The van der Waals surface area contributed by atoms with Gasteiger partial charge in [-0.2, -0.15) is 5.10 Å². The number of amides is 1. The fourth-order valence-corrected chi connectivity index (χ4v) is 4.79. The van der Waals surface area contributed by atoms with Crippen molar-refractivity contribution in [3.63, 3.8) is 0 Å². The summed E-state index contributed by atoms with van der Waals surface area (Å²) in [5, 5.41) is 18.6. The second-order valence-corrected chi connectivity index (χ2v) is 8.95. The Balaban J connectivity index is 1.93. The molecule has 0 saturated heterocycles. The predicted molar refractivity (Wildman–Crippen MR) is 134 cm³/mol. The largest absolute Gasteiger partial charge is 0.507 e. The molecule has 2 aromatic carbocycles. The van der Waals surface area contributed by atoms with E-state index in [2.05, 4.69) is 17.1 Å². The van der Waals surface area contributed by atoms with E-state index < -0.39 is 6.04 Å². The third-order valence-corrected chi connectivity index (χ3v) is 6.81. The summed E-state index contributed by atoms with van der Waals surface area (Å²) in [6.45, 7) is 4.51. The van der Waals surface area contributed by atoms with Gasteiger partial charge in [-0.3, -0.25) is 9.89 Å². The van der Waals surface area contributed by atoms with Gasteiger partial charge in [-0.25, -0.2) is 0 Å². The first-order valence-corrected chi connectivity index (χ1v) is 11.9. The zero-order valence-corrected chi connectivity index (χ0v) is 21.3. The topological polar surface area (TPSA) is 96.9 Å². The molecule has 0 spiro atoms. The van der Waals surface area contributed by atoms with Gasteiger partial charge in [-0.1, -0.05) is 31.4 Å². The molecule has 0 fully saturated rings. The standard InChI is InChI=1S/C26H30ClN3O5/c1-6-7-8-9-30-24(15-11-19(33-3)25(35-5)20(12-15)34-4)21-22(28-29-23(21)26(30)32)16-13-17(27)14(2)10-18(16)31/h10-13,24,31H,6-9H2,1-5H3,(H,28,29). The molecule has 1 unspecified atom stereocenters. The molecule has 0 aliphatic carbocycles. The van der Waals surface area contributed by atoms with Crippen molar-refractivity contribution in [3.05, 3.63) is 51.7 Å². The zero-order valence-electron chi connectivity index (χ0n) is 20.6. The average Bonchev–Trinajstić information content (AvgIpc) is 3.39. The number of carbonyl (C=O) groups is 1. The van der Waals surface area contributed by atoms with E-state index in [1.165, 1.54) is 0 Å². The molecule has 9 heteroatoms. The number of aromatic amines is 1. The van der Waals surface area contributed by atoms with E-state index in [4.69, 9.17) is 25.8 Å². The normalized spacial score (nSPS) is 14.9. The highest BCUT2D eigenvalue weighted by atomic mass is 35.5. The summed E-state index contributed by atoms with van der Waals surface area (Å²) >= 11 is 6.39. The third-order valence-electron chi connectivity index (χ3n) is 6.40. The van der Waals surface area contributed by atoms with Gasteiger partial charge in [0.1, 0.15) is 17.1 Å². The van der Waals surface area contributed by atoms with Crippen LogP contribution in [0.1, 0.15) is 59.4 Å². The number of phenols is 1. The molecule has 1 aliphatic heterocycles. The number of benzene rings is 2. The molecule has 4 rings (SSSR count). The molecule has 2 N–H and O–H groups in total. The number of phenolic OH excluding ortho intramolecular Hbond substituents is 1. The van der Waals surface area contributed by atoms with Gasteiger partial charge < -0.3 is 24.2 Å². The number of nitrogens with zero attached hydrogens (tertiary/aromatic N) is 2. The Kier molecular flexibility index (Phi) is 7.12. The number of aryl methyl sites for hydroxylation is 1.